The van der Waals surface area contributed by atoms with Crippen LogP contribution in [-0.2, 0) is 0 Å². The maximum Gasteiger partial charge on any atom is 0.237 e. The Morgan fingerprint density at radius 2 is 2.05 bits per heavy atom. The summed E-state index contributed by atoms with van der Waals surface area (Å²) in [5, 5.41) is 9.14. The van der Waals surface area contributed by atoms with Gasteiger partial charge in [0, 0.05) is 5.69 Å². The van der Waals surface area contributed by atoms with Crippen LogP contribution in [0.3, 0.4) is 0 Å². The molecule has 0 aliphatic heterocycles. The quantitative estimate of drug-likeness (QED) is 0.830. The fourth-order valence-electron chi connectivity index (χ4n) is 1.67. The minimum absolute atomic E-state index is 0.229. The molecule has 0 N–H and O–H groups in total. The van der Waals surface area contributed by atoms with Crippen LogP contribution in [0.4, 0.5) is 4.39 Å². The standard InChI is InChI=1S/C14H10BrFN2O/c1-8-5-9(2)18-14(11(8)7-17)19-13-4-3-10(16)6-12(13)15/h3-6H,1-2H3. The molecule has 0 aliphatic carbocycles. The number of rotatable bonds is 2. The largest absolute Gasteiger partial charge is 0.436 e. The van der Waals surface area contributed by atoms with Gasteiger partial charge in [-0.3, -0.25) is 0 Å². The van der Waals surface area contributed by atoms with Crippen LogP contribution in [-0.4, -0.2) is 4.98 Å². The van der Waals surface area contributed by atoms with E-state index in [1.807, 2.05) is 19.9 Å². The average molecular weight is 321 g/mol. The molecule has 0 saturated carbocycles. The molecule has 1 heterocycles. The highest BCUT2D eigenvalue weighted by atomic mass is 79.9. The van der Waals surface area contributed by atoms with Gasteiger partial charge in [-0.1, -0.05) is 0 Å². The predicted octanol–water partition coefficient (Wildman–Crippen LogP) is 4.26. The number of aromatic nitrogens is 1. The van der Waals surface area contributed by atoms with Crippen molar-refractivity contribution in [3.8, 4) is 17.7 Å². The lowest BCUT2D eigenvalue weighted by atomic mass is 10.1. The highest BCUT2D eigenvalue weighted by molar-refractivity contribution is 9.10. The summed E-state index contributed by atoms with van der Waals surface area (Å²) in [7, 11) is 0. The first-order valence-electron chi connectivity index (χ1n) is 5.52. The third-order valence-electron chi connectivity index (χ3n) is 2.52. The van der Waals surface area contributed by atoms with Gasteiger partial charge in [0.15, 0.2) is 0 Å². The Kier molecular flexibility index (Phi) is 3.82. The second-order valence-corrected chi connectivity index (χ2v) is 4.90. The Hall–Kier alpha value is -1.93. The lowest BCUT2D eigenvalue weighted by molar-refractivity contribution is 0.455. The molecule has 1 aromatic carbocycles. The molecular formula is C14H10BrFN2O. The number of benzene rings is 1. The van der Waals surface area contributed by atoms with Crippen molar-refractivity contribution in [1.82, 2.24) is 4.98 Å². The zero-order chi connectivity index (χ0) is 14.0. The normalized spacial score (nSPS) is 10.1. The molecule has 96 valence electrons. The third-order valence-corrected chi connectivity index (χ3v) is 3.14. The molecule has 2 aromatic rings. The summed E-state index contributed by atoms with van der Waals surface area (Å²) in [6.07, 6.45) is 0. The molecule has 0 saturated heterocycles. The Morgan fingerprint density at radius 1 is 1.32 bits per heavy atom. The van der Waals surface area contributed by atoms with E-state index in [9.17, 15) is 4.39 Å². The van der Waals surface area contributed by atoms with E-state index in [1.165, 1.54) is 18.2 Å². The third kappa shape index (κ3) is 2.91. The number of pyridine rings is 1. The van der Waals surface area contributed by atoms with E-state index >= 15 is 0 Å². The second kappa shape index (κ2) is 5.37. The van der Waals surface area contributed by atoms with E-state index in [1.54, 1.807) is 0 Å². The van der Waals surface area contributed by atoms with E-state index < -0.39 is 0 Å². The van der Waals surface area contributed by atoms with E-state index in [0.29, 0.717) is 15.8 Å². The first kappa shape index (κ1) is 13.5. The molecule has 0 unspecified atom stereocenters. The van der Waals surface area contributed by atoms with Crippen LogP contribution in [0.2, 0.25) is 0 Å². The molecule has 0 spiro atoms. The second-order valence-electron chi connectivity index (χ2n) is 4.05. The Morgan fingerprint density at radius 3 is 2.68 bits per heavy atom. The summed E-state index contributed by atoms with van der Waals surface area (Å²) in [5.41, 5.74) is 1.93. The SMILES string of the molecule is Cc1cc(C)c(C#N)c(Oc2ccc(F)cc2Br)n1. The summed E-state index contributed by atoms with van der Waals surface area (Å²) in [6, 6.07) is 7.94. The molecule has 2 rings (SSSR count). The van der Waals surface area contributed by atoms with Gasteiger partial charge < -0.3 is 4.74 Å². The van der Waals surface area contributed by atoms with Crippen LogP contribution in [0.15, 0.2) is 28.7 Å². The van der Waals surface area contributed by atoms with E-state index in [0.717, 1.165) is 11.3 Å². The van der Waals surface area contributed by atoms with Gasteiger partial charge in [0.05, 0.1) is 4.47 Å². The van der Waals surface area contributed by atoms with Gasteiger partial charge in [0.25, 0.3) is 0 Å². The van der Waals surface area contributed by atoms with Crippen molar-refractivity contribution in [3.05, 3.63) is 51.4 Å². The fourth-order valence-corrected chi connectivity index (χ4v) is 2.11. The van der Waals surface area contributed by atoms with Crippen LogP contribution >= 0.6 is 15.9 Å². The molecule has 5 heteroatoms. The minimum Gasteiger partial charge on any atom is -0.436 e. The van der Waals surface area contributed by atoms with Gasteiger partial charge in [0.2, 0.25) is 5.88 Å². The molecule has 19 heavy (non-hydrogen) atoms. The summed E-state index contributed by atoms with van der Waals surface area (Å²) in [5.74, 6) is 0.274. The number of aryl methyl sites for hydroxylation is 2. The average Bonchev–Trinajstić information content (AvgIpc) is 2.32. The molecule has 0 atom stereocenters. The lowest BCUT2D eigenvalue weighted by Crippen LogP contribution is -1.97. The molecule has 3 nitrogen and oxygen atoms in total. The fraction of sp³-hybridized carbons (Fsp3) is 0.143. The van der Waals surface area contributed by atoms with Crippen molar-refractivity contribution in [3.63, 3.8) is 0 Å². The summed E-state index contributed by atoms with van der Waals surface area (Å²) < 4.78 is 19.1. The molecule has 0 fully saturated rings. The Labute approximate surface area is 118 Å². The highest BCUT2D eigenvalue weighted by Gasteiger charge is 2.12. The van der Waals surface area contributed by atoms with E-state index in [-0.39, 0.29) is 11.7 Å². The summed E-state index contributed by atoms with van der Waals surface area (Å²) in [6.45, 7) is 3.64. The summed E-state index contributed by atoms with van der Waals surface area (Å²) >= 11 is 3.21. The maximum absolute atomic E-state index is 13.0. The number of hydrogen-bond acceptors (Lipinski definition) is 3. The Bertz CT molecular complexity index is 680. The van der Waals surface area contributed by atoms with Gasteiger partial charge in [-0.15, -0.1) is 0 Å². The molecule has 0 bridgehead atoms. The number of halogens is 2. The van der Waals surface area contributed by atoms with Crippen molar-refractivity contribution in [2.75, 3.05) is 0 Å². The zero-order valence-electron chi connectivity index (χ0n) is 10.4. The van der Waals surface area contributed by atoms with Crippen LogP contribution in [0.25, 0.3) is 0 Å². The number of hydrogen-bond donors (Lipinski definition) is 0. The van der Waals surface area contributed by atoms with Gasteiger partial charge in [-0.2, -0.15) is 5.26 Å². The first-order valence-corrected chi connectivity index (χ1v) is 6.32. The number of ether oxygens (including phenoxy) is 1. The van der Waals surface area contributed by atoms with Gasteiger partial charge in [0.1, 0.15) is 23.2 Å². The minimum atomic E-state index is -0.367. The van der Waals surface area contributed by atoms with Crippen molar-refractivity contribution < 1.29 is 9.13 Å². The van der Waals surface area contributed by atoms with Crippen molar-refractivity contribution in [1.29, 1.82) is 5.26 Å². The molecular weight excluding hydrogens is 311 g/mol. The maximum atomic E-state index is 13.0. The van der Waals surface area contributed by atoms with Gasteiger partial charge >= 0.3 is 0 Å². The Balaban J connectivity index is 2.46. The monoisotopic (exact) mass is 320 g/mol. The van der Waals surface area contributed by atoms with Crippen LogP contribution < -0.4 is 4.74 Å². The van der Waals surface area contributed by atoms with Crippen molar-refractivity contribution in [2.45, 2.75) is 13.8 Å². The van der Waals surface area contributed by atoms with Crippen LogP contribution in [0, 0.1) is 31.0 Å². The molecule has 1 aromatic heterocycles. The molecule has 0 aliphatic rings. The predicted molar refractivity (Wildman–Crippen MR) is 72.6 cm³/mol. The first-order chi connectivity index (χ1) is 9.01. The van der Waals surface area contributed by atoms with Gasteiger partial charge in [-0.25, -0.2) is 9.37 Å². The van der Waals surface area contributed by atoms with Crippen molar-refractivity contribution >= 4 is 15.9 Å². The van der Waals surface area contributed by atoms with Crippen molar-refractivity contribution in [2.24, 2.45) is 0 Å². The summed E-state index contributed by atoms with van der Waals surface area (Å²) in [4.78, 5) is 4.20. The topological polar surface area (TPSA) is 45.9 Å². The molecule has 0 radical (unpaired) electrons. The van der Waals surface area contributed by atoms with Crippen LogP contribution in [0.5, 0.6) is 11.6 Å². The van der Waals surface area contributed by atoms with E-state index in [2.05, 4.69) is 27.0 Å². The highest BCUT2D eigenvalue weighted by Crippen LogP contribution is 2.31. The zero-order valence-corrected chi connectivity index (χ0v) is 12.0. The van der Waals surface area contributed by atoms with Crippen LogP contribution in [0.1, 0.15) is 16.8 Å². The van der Waals surface area contributed by atoms with E-state index in [4.69, 9.17) is 10.00 Å². The van der Waals surface area contributed by atoms with Gasteiger partial charge in [-0.05, 0) is 59.6 Å². The smallest absolute Gasteiger partial charge is 0.237 e. The lowest BCUT2D eigenvalue weighted by Gasteiger charge is -2.10. The number of nitriles is 1. The number of nitrogens with zero attached hydrogens (tertiary/aromatic N) is 2. The molecule has 0 amide bonds.